The SMILES string of the molecule is Cn1nncc1C(NN)c1ccncc1. The van der Waals surface area contributed by atoms with Gasteiger partial charge in [-0.15, -0.1) is 5.10 Å². The van der Waals surface area contributed by atoms with Crippen molar-refractivity contribution in [1.82, 2.24) is 25.4 Å². The van der Waals surface area contributed by atoms with Crippen LogP contribution in [0, 0.1) is 0 Å². The van der Waals surface area contributed by atoms with E-state index in [-0.39, 0.29) is 6.04 Å². The molecule has 0 saturated heterocycles. The van der Waals surface area contributed by atoms with Gasteiger partial charge in [-0.05, 0) is 17.7 Å². The standard InChI is InChI=1S/C9H12N6/c1-15-8(6-12-14-15)9(13-10)7-2-4-11-5-3-7/h2-6,9,13H,10H2,1H3. The Morgan fingerprint density at radius 2 is 2.13 bits per heavy atom. The number of pyridine rings is 1. The van der Waals surface area contributed by atoms with Crippen LogP contribution in [0.4, 0.5) is 0 Å². The van der Waals surface area contributed by atoms with Gasteiger partial charge < -0.3 is 0 Å². The predicted octanol–water partition coefficient (Wildman–Crippen LogP) is -0.237. The molecule has 0 bridgehead atoms. The summed E-state index contributed by atoms with van der Waals surface area (Å²) in [5.74, 6) is 5.53. The molecule has 1 atom stereocenters. The van der Waals surface area contributed by atoms with Gasteiger partial charge in [-0.25, -0.2) is 5.43 Å². The van der Waals surface area contributed by atoms with Gasteiger partial charge in [-0.1, -0.05) is 5.21 Å². The third kappa shape index (κ3) is 1.85. The molecule has 0 aromatic carbocycles. The molecule has 1 unspecified atom stereocenters. The molecule has 0 aliphatic rings. The molecule has 2 heterocycles. The van der Waals surface area contributed by atoms with Crippen molar-refractivity contribution in [1.29, 1.82) is 0 Å². The number of hydrogen-bond acceptors (Lipinski definition) is 5. The van der Waals surface area contributed by atoms with Crippen LogP contribution in [0.25, 0.3) is 0 Å². The average molecular weight is 204 g/mol. The molecular formula is C9H12N6. The molecule has 2 rings (SSSR count). The molecule has 0 saturated carbocycles. The van der Waals surface area contributed by atoms with E-state index in [1.807, 2.05) is 19.2 Å². The minimum atomic E-state index is -0.118. The van der Waals surface area contributed by atoms with Crippen molar-refractivity contribution < 1.29 is 0 Å². The molecule has 2 aromatic heterocycles. The normalized spacial score (nSPS) is 12.7. The zero-order valence-electron chi connectivity index (χ0n) is 8.33. The molecule has 78 valence electrons. The molecule has 6 nitrogen and oxygen atoms in total. The third-order valence-corrected chi connectivity index (χ3v) is 2.25. The van der Waals surface area contributed by atoms with Gasteiger partial charge in [0.05, 0.1) is 17.9 Å². The van der Waals surface area contributed by atoms with Gasteiger partial charge in [0.25, 0.3) is 0 Å². The lowest BCUT2D eigenvalue weighted by Gasteiger charge is -2.15. The summed E-state index contributed by atoms with van der Waals surface area (Å²) in [6.45, 7) is 0. The highest BCUT2D eigenvalue weighted by Crippen LogP contribution is 2.18. The molecule has 15 heavy (non-hydrogen) atoms. The van der Waals surface area contributed by atoms with Gasteiger partial charge in [-0.3, -0.25) is 15.5 Å². The molecule has 2 aromatic rings. The highest BCUT2D eigenvalue weighted by atomic mass is 15.4. The third-order valence-electron chi connectivity index (χ3n) is 2.25. The van der Waals surface area contributed by atoms with Crippen molar-refractivity contribution in [3.63, 3.8) is 0 Å². The summed E-state index contributed by atoms with van der Waals surface area (Å²) in [5.41, 5.74) is 4.66. The fourth-order valence-electron chi connectivity index (χ4n) is 1.47. The summed E-state index contributed by atoms with van der Waals surface area (Å²) in [6.07, 6.45) is 5.14. The number of nitrogens with zero attached hydrogens (tertiary/aromatic N) is 4. The molecule has 0 amide bonds. The van der Waals surface area contributed by atoms with E-state index in [2.05, 4.69) is 20.7 Å². The predicted molar refractivity (Wildman–Crippen MR) is 54.4 cm³/mol. The number of aryl methyl sites for hydroxylation is 1. The lowest BCUT2D eigenvalue weighted by atomic mass is 10.1. The summed E-state index contributed by atoms with van der Waals surface area (Å²) in [7, 11) is 1.83. The van der Waals surface area contributed by atoms with E-state index in [0.717, 1.165) is 11.3 Å². The Morgan fingerprint density at radius 3 is 2.67 bits per heavy atom. The Bertz CT molecular complexity index is 423. The summed E-state index contributed by atoms with van der Waals surface area (Å²) < 4.78 is 1.69. The quantitative estimate of drug-likeness (QED) is 0.533. The lowest BCUT2D eigenvalue weighted by Crippen LogP contribution is -2.30. The number of nitrogens with two attached hydrogens (primary N) is 1. The van der Waals surface area contributed by atoms with Crippen molar-refractivity contribution in [3.8, 4) is 0 Å². The van der Waals surface area contributed by atoms with E-state index in [9.17, 15) is 0 Å². The topological polar surface area (TPSA) is 81.7 Å². The first-order valence-corrected chi connectivity index (χ1v) is 4.53. The smallest absolute Gasteiger partial charge is 0.0895 e. The van der Waals surface area contributed by atoms with E-state index < -0.39 is 0 Å². The Balaban J connectivity index is 2.37. The summed E-state index contributed by atoms with van der Waals surface area (Å²) in [5, 5.41) is 7.68. The van der Waals surface area contributed by atoms with Gasteiger partial charge in [0.1, 0.15) is 0 Å². The monoisotopic (exact) mass is 204 g/mol. The zero-order chi connectivity index (χ0) is 10.7. The molecular weight excluding hydrogens is 192 g/mol. The fraction of sp³-hybridized carbons (Fsp3) is 0.222. The second kappa shape index (κ2) is 4.16. The van der Waals surface area contributed by atoms with Crippen LogP contribution in [0.3, 0.4) is 0 Å². The Labute approximate surface area is 87.1 Å². The maximum Gasteiger partial charge on any atom is 0.0895 e. The van der Waals surface area contributed by atoms with Crippen LogP contribution >= 0.6 is 0 Å². The molecule has 0 radical (unpaired) electrons. The van der Waals surface area contributed by atoms with Gasteiger partial charge in [0, 0.05) is 19.4 Å². The van der Waals surface area contributed by atoms with Crippen LogP contribution in [0.1, 0.15) is 17.3 Å². The number of hydrogen-bond donors (Lipinski definition) is 2. The lowest BCUT2D eigenvalue weighted by molar-refractivity contribution is 0.570. The van der Waals surface area contributed by atoms with E-state index >= 15 is 0 Å². The average Bonchev–Trinajstić information content (AvgIpc) is 2.68. The van der Waals surface area contributed by atoms with Crippen LogP contribution < -0.4 is 11.3 Å². The van der Waals surface area contributed by atoms with Gasteiger partial charge in [0.15, 0.2) is 0 Å². The minimum Gasteiger partial charge on any atom is -0.271 e. The number of rotatable bonds is 3. The first-order chi connectivity index (χ1) is 7.33. The van der Waals surface area contributed by atoms with E-state index in [1.165, 1.54) is 0 Å². The molecule has 0 aliphatic heterocycles. The Kier molecular flexibility index (Phi) is 2.70. The van der Waals surface area contributed by atoms with Crippen LogP contribution in [-0.4, -0.2) is 20.0 Å². The van der Waals surface area contributed by atoms with Crippen molar-refractivity contribution in [2.24, 2.45) is 12.9 Å². The number of nitrogens with one attached hydrogen (secondary N) is 1. The highest BCUT2D eigenvalue weighted by Gasteiger charge is 2.15. The second-order valence-corrected chi connectivity index (χ2v) is 3.16. The molecule has 3 N–H and O–H groups in total. The minimum absolute atomic E-state index is 0.118. The highest BCUT2D eigenvalue weighted by molar-refractivity contribution is 5.23. The van der Waals surface area contributed by atoms with Crippen molar-refractivity contribution in [3.05, 3.63) is 42.0 Å². The van der Waals surface area contributed by atoms with Crippen LogP contribution in [-0.2, 0) is 7.05 Å². The van der Waals surface area contributed by atoms with Crippen LogP contribution in [0.2, 0.25) is 0 Å². The molecule has 0 fully saturated rings. The van der Waals surface area contributed by atoms with E-state index in [1.54, 1.807) is 23.3 Å². The first kappa shape index (κ1) is 9.75. The van der Waals surface area contributed by atoms with Gasteiger partial charge in [-0.2, -0.15) is 0 Å². The van der Waals surface area contributed by atoms with Crippen molar-refractivity contribution >= 4 is 0 Å². The molecule has 6 heteroatoms. The van der Waals surface area contributed by atoms with E-state index in [4.69, 9.17) is 5.84 Å². The van der Waals surface area contributed by atoms with Crippen molar-refractivity contribution in [2.45, 2.75) is 6.04 Å². The van der Waals surface area contributed by atoms with Gasteiger partial charge >= 0.3 is 0 Å². The molecule has 0 aliphatic carbocycles. The maximum atomic E-state index is 5.53. The van der Waals surface area contributed by atoms with Crippen LogP contribution in [0.5, 0.6) is 0 Å². The number of hydrazine groups is 1. The van der Waals surface area contributed by atoms with Crippen molar-refractivity contribution in [2.75, 3.05) is 0 Å². The zero-order valence-corrected chi connectivity index (χ0v) is 8.33. The second-order valence-electron chi connectivity index (χ2n) is 3.16. The first-order valence-electron chi connectivity index (χ1n) is 4.53. The van der Waals surface area contributed by atoms with Crippen LogP contribution in [0.15, 0.2) is 30.7 Å². The fourth-order valence-corrected chi connectivity index (χ4v) is 1.47. The Hall–Kier alpha value is -1.79. The summed E-state index contributed by atoms with van der Waals surface area (Å²) >= 11 is 0. The summed E-state index contributed by atoms with van der Waals surface area (Å²) in [6, 6.07) is 3.68. The van der Waals surface area contributed by atoms with Gasteiger partial charge in [0.2, 0.25) is 0 Å². The largest absolute Gasteiger partial charge is 0.271 e. The van der Waals surface area contributed by atoms with E-state index in [0.29, 0.717) is 0 Å². The summed E-state index contributed by atoms with van der Waals surface area (Å²) in [4.78, 5) is 3.96. The number of aromatic nitrogens is 4. The Morgan fingerprint density at radius 1 is 1.40 bits per heavy atom. The molecule has 0 spiro atoms. The maximum absolute atomic E-state index is 5.53.